The molecule has 2 aromatic rings. The summed E-state index contributed by atoms with van der Waals surface area (Å²) in [6.45, 7) is 5.19. The summed E-state index contributed by atoms with van der Waals surface area (Å²) in [5.41, 5.74) is 1.03. The second kappa shape index (κ2) is 12.0. The maximum atomic E-state index is 13.7. The number of fused-ring (bicyclic) bond motifs is 1. The summed E-state index contributed by atoms with van der Waals surface area (Å²) in [5.74, 6) is 0.494. The predicted molar refractivity (Wildman–Crippen MR) is 136 cm³/mol. The van der Waals surface area contributed by atoms with E-state index in [1.54, 1.807) is 44.4 Å². The van der Waals surface area contributed by atoms with Crippen LogP contribution in [0.25, 0.3) is 0 Å². The molecule has 2 amide bonds. The molecule has 11 heteroatoms. The predicted octanol–water partition coefficient (Wildman–Crippen LogP) is 2.52. The molecule has 36 heavy (non-hydrogen) atoms. The van der Waals surface area contributed by atoms with Crippen LogP contribution in [-0.2, 0) is 26.2 Å². The van der Waals surface area contributed by atoms with Gasteiger partial charge in [0, 0.05) is 19.2 Å². The Labute approximate surface area is 212 Å². The molecule has 3 rings (SSSR count). The highest BCUT2D eigenvalue weighted by molar-refractivity contribution is 7.92. The average molecular weight is 520 g/mol. The zero-order valence-electron chi connectivity index (χ0n) is 21.0. The lowest BCUT2D eigenvalue weighted by molar-refractivity contribution is -0.140. The van der Waals surface area contributed by atoms with Gasteiger partial charge in [0.05, 0.1) is 18.6 Å². The summed E-state index contributed by atoms with van der Waals surface area (Å²) in [5, 5.41) is 2.78. The number of benzene rings is 2. The maximum Gasteiger partial charge on any atom is 0.244 e. The molecule has 2 aromatic carbocycles. The molecule has 0 saturated carbocycles. The lowest BCUT2D eigenvalue weighted by Gasteiger charge is -2.33. The van der Waals surface area contributed by atoms with Crippen LogP contribution in [-0.4, -0.2) is 63.9 Å². The van der Waals surface area contributed by atoms with Crippen LogP contribution in [0.3, 0.4) is 0 Å². The number of sulfonamides is 1. The molecular weight excluding hydrogens is 486 g/mol. The zero-order chi connectivity index (χ0) is 26.3. The summed E-state index contributed by atoms with van der Waals surface area (Å²) in [6.07, 6.45) is 0.353. The van der Waals surface area contributed by atoms with E-state index >= 15 is 0 Å². The van der Waals surface area contributed by atoms with Crippen molar-refractivity contribution in [3.05, 3.63) is 48.0 Å². The number of hydrogen-bond acceptors (Lipinski definition) is 7. The molecule has 0 aromatic heterocycles. The third-order valence-electron chi connectivity index (χ3n) is 5.85. The molecular formula is C25H33N3O7S. The topological polar surface area (TPSA) is 114 Å². The van der Waals surface area contributed by atoms with Gasteiger partial charge in [-0.05, 0) is 50.1 Å². The van der Waals surface area contributed by atoms with Crippen LogP contribution in [0.5, 0.6) is 17.2 Å². The van der Waals surface area contributed by atoms with Crippen LogP contribution < -0.4 is 23.8 Å². The number of rotatable bonds is 12. The first kappa shape index (κ1) is 27.1. The number of anilines is 1. The van der Waals surface area contributed by atoms with Crippen LogP contribution in [0, 0.1) is 0 Å². The number of carbonyl (C=O) groups excluding carboxylic acids is 2. The second-order valence-corrected chi connectivity index (χ2v) is 10.3. The Morgan fingerprint density at radius 1 is 1.08 bits per heavy atom. The Hall–Kier alpha value is -3.47. The average Bonchev–Trinajstić information content (AvgIpc) is 3.35. The van der Waals surface area contributed by atoms with Gasteiger partial charge in [-0.3, -0.25) is 13.9 Å². The molecule has 0 fully saturated rings. The third-order valence-corrected chi connectivity index (χ3v) is 7.59. The van der Waals surface area contributed by atoms with E-state index in [4.69, 9.17) is 14.2 Å². The van der Waals surface area contributed by atoms with Crippen LogP contribution in [0.2, 0.25) is 0 Å². The molecule has 0 unspecified atom stereocenters. The second-order valence-electron chi connectivity index (χ2n) is 8.14. The summed E-state index contributed by atoms with van der Waals surface area (Å²) >= 11 is 0. The van der Waals surface area contributed by atoms with Crippen molar-refractivity contribution in [2.75, 3.05) is 37.1 Å². The highest BCUT2D eigenvalue weighted by Crippen LogP contribution is 2.36. The van der Waals surface area contributed by atoms with E-state index in [9.17, 15) is 18.0 Å². The molecule has 1 N–H and O–H groups in total. The minimum Gasteiger partial charge on any atom is -0.497 e. The van der Waals surface area contributed by atoms with Crippen molar-refractivity contribution in [1.29, 1.82) is 0 Å². The number of likely N-dealkylation sites (N-methyl/N-ethyl adjacent to an activating group) is 1. The lowest BCUT2D eigenvalue weighted by Crippen LogP contribution is -2.52. The number of carbonyl (C=O) groups is 2. The molecule has 0 spiro atoms. The van der Waals surface area contributed by atoms with Gasteiger partial charge in [-0.15, -0.1) is 0 Å². The van der Waals surface area contributed by atoms with Crippen molar-refractivity contribution >= 4 is 27.5 Å². The SMILES string of the molecule is CCNC(=O)[C@@H](CC)N(Cc1cccc(OC)c1)C(=O)CN(c1ccc2c(c1)OCO2)S(=O)(=O)CC. The van der Waals surface area contributed by atoms with Gasteiger partial charge in [-0.1, -0.05) is 19.1 Å². The number of amides is 2. The van der Waals surface area contributed by atoms with E-state index in [-0.39, 0.29) is 30.7 Å². The molecule has 1 atom stereocenters. The van der Waals surface area contributed by atoms with Crippen LogP contribution >= 0.6 is 0 Å². The smallest absolute Gasteiger partial charge is 0.244 e. The Kier molecular flexibility index (Phi) is 9.03. The largest absolute Gasteiger partial charge is 0.497 e. The maximum absolute atomic E-state index is 13.7. The van der Waals surface area contributed by atoms with Crippen molar-refractivity contribution in [3.8, 4) is 17.2 Å². The molecule has 0 bridgehead atoms. The first-order valence-corrected chi connectivity index (χ1v) is 13.4. The van der Waals surface area contributed by atoms with Gasteiger partial charge >= 0.3 is 0 Å². The minimum absolute atomic E-state index is 0.0390. The van der Waals surface area contributed by atoms with E-state index in [0.717, 1.165) is 9.87 Å². The fourth-order valence-electron chi connectivity index (χ4n) is 3.94. The Morgan fingerprint density at radius 3 is 2.50 bits per heavy atom. The number of hydrogen-bond donors (Lipinski definition) is 1. The van der Waals surface area contributed by atoms with E-state index in [0.29, 0.717) is 30.2 Å². The third kappa shape index (κ3) is 6.20. The fraction of sp³-hybridized carbons (Fsp3) is 0.440. The Balaban J connectivity index is 1.98. The highest BCUT2D eigenvalue weighted by atomic mass is 32.2. The van der Waals surface area contributed by atoms with E-state index in [2.05, 4.69) is 5.32 Å². The number of nitrogens with one attached hydrogen (secondary N) is 1. The molecule has 1 heterocycles. The molecule has 1 aliphatic rings. The van der Waals surface area contributed by atoms with Crippen molar-refractivity contribution in [3.63, 3.8) is 0 Å². The molecule has 1 aliphatic heterocycles. The van der Waals surface area contributed by atoms with Gasteiger partial charge in [0.2, 0.25) is 28.6 Å². The van der Waals surface area contributed by atoms with E-state index in [1.807, 2.05) is 13.0 Å². The van der Waals surface area contributed by atoms with Gasteiger partial charge in [0.1, 0.15) is 18.3 Å². The molecule has 0 radical (unpaired) electrons. The summed E-state index contributed by atoms with van der Waals surface area (Å²) in [4.78, 5) is 28.0. The summed E-state index contributed by atoms with van der Waals surface area (Å²) < 4.78 is 43.2. The number of nitrogens with zero attached hydrogens (tertiary/aromatic N) is 2. The zero-order valence-corrected chi connectivity index (χ0v) is 21.8. The first-order chi connectivity index (χ1) is 17.2. The van der Waals surface area contributed by atoms with Gasteiger partial charge in [0.25, 0.3) is 0 Å². The van der Waals surface area contributed by atoms with Crippen molar-refractivity contribution in [1.82, 2.24) is 10.2 Å². The van der Waals surface area contributed by atoms with E-state index < -0.39 is 28.5 Å². The van der Waals surface area contributed by atoms with Gasteiger partial charge in [0.15, 0.2) is 11.5 Å². The minimum atomic E-state index is -3.84. The number of methoxy groups -OCH3 is 1. The lowest BCUT2D eigenvalue weighted by atomic mass is 10.1. The molecule has 196 valence electrons. The van der Waals surface area contributed by atoms with Gasteiger partial charge in [-0.25, -0.2) is 8.42 Å². The summed E-state index contributed by atoms with van der Waals surface area (Å²) in [7, 11) is -2.29. The highest BCUT2D eigenvalue weighted by Gasteiger charge is 2.33. The standard InChI is InChI=1S/C25H33N3O7S/c1-5-21(25(30)26-6-2)27(15-18-9-8-10-20(13-18)33-4)24(29)16-28(36(31,32)7-3)19-11-12-22-23(14-19)35-17-34-22/h8-14,21H,5-7,15-17H2,1-4H3,(H,26,30)/t21-/m1/s1. The molecule has 0 aliphatic carbocycles. The van der Waals surface area contributed by atoms with Gasteiger partial charge in [-0.2, -0.15) is 0 Å². The monoisotopic (exact) mass is 519 g/mol. The quantitative estimate of drug-likeness (QED) is 0.458. The van der Waals surface area contributed by atoms with Crippen LogP contribution in [0.4, 0.5) is 5.69 Å². The van der Waals surface area contributed by atoms with Crippen LogP contribution in [0.15, 0.2) is 42.5 Å². The summed E-state index contributed by atoms with van der Waals surface area (Å²) in [6, 6.07) is 11.1. The molecule has 10 nitrogen and oxygen atoms in total. The van der Waals surface area contributed by atoms with Gasteiger partial charge < -0.3 is 24.4 Å². The van der Waals surface area contributed by atoms with Crippen molar-refractivity contribution in [2.45, 2.75) is 39.8 Å². The Bertz CT molecular complexity index is 1190. The van der Waals surface area contributed by atoms with Crippen molar-refractivity contribution in [2.24, 2.45) is 0 Å². The number of ether oxygens (including phenoxy) is 3. The normalized spacial score (nSPS) is 13.1. The van der Waals surface area contributed by atoms with Crippen molar-refractivity contribution < 1.29 is 32.2 Å². The molecule has 0 saturated heterocycles. The van der Waals surface area contributed by atoms with E-state index in [1.165, 1.54) is 17.9 Å². The first-order valence-electron chi connectivity index (χ1n) is 11.8. The fourth-order valence-corrected chi connectivity index (χ4v) is 4.99. The van der Waals surface area contributed by atoms with Crippen LogP contribution in [0.1, 0.15) is 32.8 Å². The Morgan fingerprint density at radius 2 is 1.83 bits per heavy atom.